The molecule has 0 amide bonds. The molecular formula is C14H21N. The Morgan fingerprint density at radius 1 is 1.40 bits per heavy atom. The molecule has 0 aliphatic heterocycles. The van der Waals surface area contributed by atoms with Crippen molar-refractivity contribution < 1.29 is 0 Å². The summed E-state index contributed by atoms with van der Waals surface area (Å²) in [5.41, 5.74) is 10.5. The first-order chi connectivity index (χ1) is 6.96. The first kappa shape index (κ1) is 10.7. The summed E-state index contributed by atoms with van der Waals surface area (Å²) in [6.45, 7) is 6.42. The number of hydrogen-bond donors (Lipinski definition) is 1. The van der Waals surface area contributed by atoms with E-state index >= 15 is 0 Å². The predicted molar refractivity (Wildman–Crippen MR) is 65.1 cm³/mol. The van der Waals surface area contributed by atoms with E-state index in [1.165, 1.54) is 18.4 Å². The van der Waals surface area contributed by atoms with Crippen molar-refractivity contribution in [1.82, 2.24) is 0 Å². The van der Waals surface area contributed by atoms with Crippen molar-refractivity contribution >= 4 is 0 Å². The SMILES string of the molecule is Cc1ccc2c(c1)CCC2CC(C)(C)N. The number of hydrogen-bond acceptors (Lipinski definition) is 1. The summed E-state index contributed by atoms with van der Waals surface area (Å²) in [7, 11) is 0. The maximum atomic E-state index is 6.10. The van der Waals surface area contributed by atoms with Gasteiger partial charge < -0.3 is 5.73 Å². The zero-order chi connectivity index (χ0) is 11.1. The van der Waals surface area contributed by atoms with E-state index in [-0.39, 0.29) is 5.54 Å². The molecule has 1 atom stereocenters. The van der Waals surface area contributed by atoms with Gasteiger partial charge in [0, 0.05) is 5.54 Å². The first-order valence-corrected chi connectivity index (χ1v) is 5.84. The average molecular weight is 203 g/mol. The van der Waals surface area contributed by atoms with Gasteiger partial charge in [0.15, 0.2) is 0 Å². The Balaban J connectivity index is 2.22. The second kappa shape index (κ2) is 3.64. The third kappa shape index (κ3) is 2.40. The van der Waals surface area contributed by atoms with Crippen LogP contribution in [0, 0.1) is 6.92 Å². The van der Waals surface area contributed by atoms with Crippen molar-refractivity contribution in [3.05, 3.63) is 34.9 Å². The van der Waals surface area contributed by atoms with Crippen LogP contribution in [0.3, 0.4) is 0 Å². The van der Waals surface area contributed by atoms with Crippen LogP contribution in [0.15, 0.2) is 18.2 Å². The third-order valence-electron chi connectivity index (χ3n) is 3.27. The Morgan fingerprint density at radius 3 is 2.80 bits per heavy atom. The highest BCUT2D eigenvalue weighted by Crippen LogP contribution is 2.37. The molecule has 0 heterocycles. The van der Waals surface area contributed by atoms with Gasteiger partial charge in [-0.1, -0.05) is 23.8 Å². The van der Waals surface area contributed by atoms with E-state index in [2.05, 4.69) is 39.0 Å². The minimum absolute atomic E-state index is 0.0445. The van der Waals surface area contributed by atoms with Gasteiger partial charge in [0.05, 0.1) is 0 Å². The molecule has 0 saturated heterocycles. The zero-order valence-electron chi connectivity index (χ0n) is 10.0. The molecule has 1 nitrogen and oxygen atoms in total. The van der Waals surface area contributed by atoms with Gasteiger partial charge in [0.1, 0.15) is 0 Å². The standard InChI is InChI=1S/C14H21N/c1-10-4-7-13-11(8-10)5-6-12(13)9-14(2,3)15/h4,7-8,12H,5-6,9,15H2,1-3H3. The van der Waals surface area contributed by atoms with Crippen LogP contribution in [0.25, 0.3) is 0 Å². The van der Waals surface area contributed by atoms with E-state index in [9.17, 15) is 0 Å². The fourth-order valence-corrected chi connectivity index (χ4v) is 2.68. The molecule has 1 heteroatoms. The molecule has 0 saturated carbocycles. The van der Waals surface area contributed by atoms with E-state index in [1.54, 1.807) is 11.1 Å². The van der Waals surface area contributed by atoms with Crippen LogP contribution in [-0.4, -0.2) is 5.54 Å². The van der Waals surface area contributed by atoms with Crippen LogP contribution in [-0.2, 0) is 6.42 Å². The van der Waals surface area contributed by atoms with Crippen molar-refractivity contribution in [2.45, 2.75) is 51.5 Å². The van der Waals surface area contributed by atoms with Gasteiger partial charge in [0.2, 0.25) is 0 Å². The number of nitrogens with two attached hydrogens (primary N) is 1. The lowest BCUT2D eigenvalue weighted by Crippen LogP contribution is -2.33. The molecule has 82 valence electrons. The number of benzene rings is 1. The normalized spacial score (nSPS) is 20.4. The van der Waals surface area contributed by atoms with Gasteiger partial charge in [-0.2, -0.15) is 0 Å². The molecule has 0 radical (unpaired) electrons. The lowest BCUT2D eigenvalue weighted by molar-refractivity contribution is 0.422. The lowest BCUT2D eigenvalue weighted by Gasteiger charge is -2.23. The molecule has 0 spiro atoms. The molecule has 15 heavy (non-hydrogen) atoms. The maximum absolute atomic E-state index is 6.10. The van der Waals surface area contributed by atoms with Gasteiger partial charge >= 0.3 is 0 Å². The van der Waals surface area contributed by atoms with Gasteiger partial charge in [-0.3, -0.25) is 0 Å². The quantitative estimate of drug-likeness (QED) is 0.785. The molecule has 0 bridgehead atoms. The van der Waals surface area contributed by atoms with E-state index in [0.29, 0.717) is 5.92 Å². The van der Waals surface area contributed by atoms with E-state index in [4.69, 9.17) is 5.73 Å². The Labute approximate surface area is 92.7 Å². The summed E-state index contributed by atoms with van der Waals surface area (Å²) in [5.74, 6) is 0.681. The molecule has 1 unspecified atom stereocenters. The maximum Gasteiger partial charge on any atom is 0.0103 e. The Bertz CT molecular complexity index is 360. The Hall–Kier alpha value is -0.820. The highest BCUT2D eigenvalue weighted by molar-refractivity contribution is 5.38. The van der Waals surface area contributed by atoms with Crippen molar-refractivity contribution in [1.29, 1.82) is 0 Å². The molecule has 1 aliphatic rings. The van der Waals surface area contributed by atoms with Crippen LogP contribution in [0.5, 0.6) is 0 Å². The third-order valence-corrected chi connectivity index (χ3v) is 3.27. The summed E-state index contributed by atoms with van der Waals surface area (Å²) >= 11 is 0. The molecule has 2 rings (SSSR count). The number of aryl methyl sites for hydroxylation is 2. The topological polar surface area (TPSA) is 26.0 Å². The van der Waals surface area contributed by atoms with Crippen molar-refractivity contribution in [3.8, 4) is 0 Å². The van der Waals surface area contributed by atoms with Gasteiger partial charge in [-0.25, -0.2) is 0 Å². The van der Waals surface area contributed by atoms with E-state index in [1.807, 2.05) is 0 Å². The van der Waals surface area contributed by atoms with Gasteiger partial charge in [-0.05, 0) is 57.1 Å². The van der Waals surface area contributed by atoms with Crippen molar-refractivity contribution in [2.24, 2.45) is 5.73 Å². The monoisotopic (exact) mass is 203 g/mol. The molecule has 0 fully saturated rings. The molecule has 2 N–H and O–H groups in total. The summed E-state index contributed by atoms with van der Waals surface area (Å²) in [5, 5.41) is 0. The molecule has 1 aromatic rings. The fraction of sp³-hybridized carbons (Fsp3) is 0.571. The minimum atomic E-state index is -0.0445. The predicted octanol–water partition coefficient (Wildman–Crippen LogP) is 3.15. The Kier molecular flexibility index (Phi) is 2.59. The van der Waals surface area contributed by atoms with Crippen LogP contribution in [0.4, 0.5) is 0 Å². The minimum Gasteiger partial charge on any atom is -0.326 e. The summed E-state index contributed by atoms with van der Waals surface area (Å²) in [6.07, 6.45) is 3.61. The smallest absolute Gasteiger partial charge is 0.0103 e. The highest BCUT2D eigenvalue weighted by atomic mass is 14.7. The van der Waals surface area contributed by atoms with E-state index in [0.717, 1.165) is 6.42 Å². The van der Waals surface area contributed by atoms with Crippen LogP contribution in [0.1, 0.15) is 49.3 Å². The van der Waals surface area contributed by atoms with Crippen LogP contribution < -0.4 is 5.73 Å². The van der Waals surface area contributed by atoms with Crippen molar-refractivity contribution in [2.75, 3.05) is 0 Å². The molecule has 0 aromatic heterocycles. The number of fused-ring (bicyclic) bond motifs is 1. The van der Waals surface area contributed by atoms with Crippen LogP contribution >= 0.6 is 0 Å². The fourth-order valence-electron chi connectivity index (χ4n) is 2.68. The van der Waals surface area contributed by atoms with Gasteiger partial charge in [-0.15, -0.1) is 0 Å². The van der Waals surface area contributed by atoms with Gasteiger partial charge in [0.25, 0.3) is 0 Å². The van der Waals surface area contributed by atoms with E-state index < -0.39 is 0 Å². The molecule has 1 aliphatic carbocycles. The second-order valence-electron chi connectivity index (χ2n) is 5.63. The van der Waals surface area contributed by atoms with Crippen molar-refractivity contribution in [3.63, 3.8) is 0 Å². The summed E-state index contributed by atoms with van der Waals surface area (Å²) in [4.78, 5) is 0. The zero-order valence-corrected chi connectivity index (χ0v) is 10.0. The molecular weight excluding hydrogens is 182 g/mol. The Morgan fingerprint density at radius 2 is 2.13 bits per heavy atom. The summed E-state index contributed by atoms with van der Waals surface area (Å²) < 4.78 is 0. The summed E-state index contributed by atoms with van der Waals surface area (Å²) in [6, 6.07) is 6.85. The average Bonchev–Trinajstić information content (AvgIpc) is 2.45. The van der Waals surface area contributed by atoms with Crippen LogP contribution in [0.2, 0.25) is 0 Å². The lowest BCUT2D eigenvalue weighted by atomic mass is 9.87. The first-order valence-electron chi connectivity index (χ1n) is 5.84. The number of rotatable bonds is 2. The molecule has 1 aromatic carbocycles. The second-order valence-corrected chi connectivity index (χ2v) is 5.63. The highest BCUT2D eigenvalue weighted by Gasteiger charge is 2.26. The largest absolute Gasteiger partial charge is 0.326 e.